The summed E-state index contributed by atoms with van der Waals surface area (Å²) in [5.41, 5.74) is -1.03. The third kappa shape index (κ3) is 7.95. The maximum atomic E-state index is 11.7. The summed E-state index contributed by atoms with van der Waals surface area (Å²) in [5, 5.41) is 0. The van der Waals surface area contributed by atoms with E-state index in [9.17, 15) is 9.59 Å². The molecule has 0 rings (SSSR count). The van der Waals surface area contributed by atoms with Crippen LogP contribution >= 0.6 is 0 Å². The summed E-state index contributed by atoms with van der Waals surface area (Å²) in [6, 6.07) is 0. The van der Waals surface area contributed by atoms with Gasteiger partial charge in [0.2, 0.25) is 0 Å². The first-order chi connectivity index (χ1) is 8.65. The van der Waals surface area contributed by atoms with Gasteiger partial charge in [0.15, 0.2) is 12.4 Å². The average molecular weight is 274 g/mol. The van der Waals surface area contributed by atoms with E-state index in [-0.39, 0.29) is 6.42 Å². The zero-order valence-corrected chi connectivity index (χ0v) is 12.8. The smallest absolute Gasteiger partial charge is 0.309 e. The van der Waals surface area contributed by atoms with Gasteiger partial charge < -0.3 is 9.53 Å². The van der Waals surface area contributed by atoms with Crippen molar-refractivity contribution in [1.82, 2.24) is 0 Å². The van der Waals surface area contributed by atoms with Crippen molar-refractivity contribution in [2.24, 2.45) is 0 Å². The van der Waals surface area contributed by atoms with Gasteiger partial charge in [-0.1, -0.05) is 13.8 Å². The number of carbonyl (C=O) groups is 2. The number of ether oxygens (including phenoxy) is 1. The van der Waals surface area contributed by atoms with E-state index in [0.29, 0.717) is 12.7 Å². The first-order valence-corrected chi connectivity index (χ1v) is 6.67. The molecule has 0 heterocycles. The Hall–Kier alpha value is -0.940. The van der Waals surface area contributed by atoms with E-state index >= 15 is 0 Å². The fraction of sp³-hybridized carbons (Fsp3) is 0.857. The van der Waals surface area contributed by atoms with Crippen LogP contribution in [-0.2, 0) is 24.1 Å². The van der Waals surface area contributed by atoms with Gasteiger partial charge in [0.05, 0.1) is 12.0 Å². The molecule has 112 valence electrons. The minimum Gasteiger partial charge on any atom is -0.460 e. The summed E-state index contributed by atoms with van der Waals surface area (Å²) in [7, 11) is 0. The lowest BCUT2D eigenvalue weighted by Gasteiger charge is -2.25. The van der Waals surface area contributed by atoms with Crippen LogP contribution in [0.5, 0.6) is 0 Å². The lowest BCUT2D eigenvalue weighted by atomic mass is 10.1. The third-order valence-electron chi connectivity index (χ3n) is 3.01. The molecule has 0 N–H and O–H groups in total. The second kappa shape index (κ2) is 7.60. The third-order valence-corrected chi connectivity index (χ3v) is 3.01. The maximum absolute atomic E-state index is 11.7. The highest BCUT2D eigenvalue weighted by Crippen LogP contribution is 2.17. The SMILES string of the molecule is CCC(C)(C)OOC(C=O)CC(=O)OC(C)(C)CC. The average Bonchev–Trinajstić information content (AvgIpc) is 2.33. The molecule has 0 saturated carbocycles. The Morgan fingerprint density at radius 3 is 2.05 bits per heavy atom. The fourth-order valence-electron chi connectivity index (χ4n) is 0.942. The fourth-order valence-corrected chi connectivity index (χ4v) is 0.942. The lowest BCUT2D eigenvalue weighted by Crippen LogP contribution is -2.32. The van der Waals surface area contributed by atoms with Crippen molar-refractivity contribution in [2.45, 2.75) is 78.1 Å². The summed E-state index contributed by atoms with van der Waals surface area (Å²) in [6.45, 7) is 11.2. The number of rotatable bonds is 9. The number of hydrogen-bond donors (Lipinski definition) is 0. The highest BCUT2D eigenvalue weighted by atomic mass is 17.2. The summed E-state index contributed by atoms with van der Waals surface area (Å²) < 4.78 is 5.24. The highest BCUT2D eigenvalue weighted by Gasteiger charge is 2.25. The van der Waals surface area contributed by atoms with Gasteiger partial charge in [0, 0.05) is 0 Å². The van der Waals surface area contributed by atoms with Crippen LogP contribution in [0.2, 0.25) is 0 Å². The molecule has 19 heavy (non-hydrogen) atoms. The molecule has 0 spiro atoms. The lowest BCUT2D eigenvalue weighted by molar-refractivity contribution is -0.368. The van der Waals surface area contributed by atoms with Crippen molar-refractivity contribution >= 4 is 12.3 Å². The van der Waals surface area contributed by atoms with Gasteiger partial charge in [-0.15, -0.1) is 0 Å². The second-order valence-electron chi connectivity index (χ2n) is 5.76. The van der Waals surface area contributed by atoms with Crippen LogP contribution in [0.25, 0.3) is 0 Å². The van der Waals surface area contributed by atoms with Gasteiger partial charge in [0.1, 0.15) is 5.60 Å². The van der Waals surface area contributed by atoms with Gasteiger partial charge in [-0.25, -0.2) is 9.78 Å². The van der Waals surface area contributed by atoms with E-state index in [2.05, 4.69) is 0 Å². The van der Waals surface area contributed by atoms with Crippen LogP contribution in [0.15, 0.2) is 0 Å². The van der Waals surface area contributed by atoms with Crippen LogP contribution in [0.4, 0.5) is 0 Å². The molecule has 0 radical (unpaired) electrons. The van der Waals surface area contributed by atoms with E-state index in [1.165, 1.54) is 0 Å². The molecule has 0 aromatic carbocycles. The molecular weight excluding hydrogens is 248 g/mol. The molecule has 0 aromatic heterocycles. The van der Waals surface area contributed by atoms with Crippen LogP contribution < -0.4 is 0 Å². The minimum absolute atomic E-state index is 0.146. The molecule has 5 heteroatoms. The molecule has 0 saturated heterocycles. The number of esters is 1. The molecule has 0 aliphatic carbocycles. The predicted molar refractivity (Wildman–Crippen MR) is 71.5 cm³/mol. The summed E-state index contributed by atoms with van der Waals surface area (Å²) in [4.78, 5) is 32.7. The van der Waals surface area contributed by atoms with Gasteiger partial charge >= 0.3 is 5.97 Å². The maximum Gasteiger partial charge on any atom is 0.309 e. The molecule has 1 unspecified atom stereocenters. The van der Waals surface area contributed by atoms with Gasteiger partial charge in [-0.3, -0.25) is 4.79 Å². The first-order valence-electron chi connectivity index (χ1n) is 6.67. The Bertz CT molecular complexity index is 296. The molecule has 0 fully saturated rings. The van der Waals surface area contributed by atoms with Gasteiger partial charge in [0.25, 0.3) is 0 Å². The van der Waals surface area contributed by atoms with E-state index in [1.807, 2.05) is 41.5 Å². The normalized spacial score (nSPS) is 14.0. The zero-order valence-electron chi connectivity index (χ0n) is 12.8. The van der Waals surface area contributed by atoms with E-state index in [1.54, 1.807) is 0 Å². The standard InChI is InChI=1S/C14H26O5/c1-7-13(3,4)17-12(16)9-11(10-15)18-19-14(5,6)8-2/h10-11H,7-9H2,1-6H3. The monoisotopic (exact) mass is 274 g/mol. The number of carbonyl (C=O) groups excluding carboxylic acids is 2. The molecule has 5 nitrogen and oxygen atoms in total. The molecule has 1 atom stereocenters. The van der Waals surface area contributed by atoms with Crippen LogP contribution in [-0.4, -0.2) is 29.6 Å². The van der Waals surface area contributed by atoms with Crippen molar-refractivity contribution in [1.29, 1.82) is 0 Å². The Morgan fingerprint density at radius 2 is 1.63 bits per heavy atom. The second-order valence-corrected chi connectivity index (χ2v) is 5.76. The number of hydrogen-bond acceptors (Lipinski definition) is 5. The van der Waals surface area contributed by atoms with Gasteiger partial charge in [-0.2, -0.15) is 0 Å². The summed E-state index contributed by atoms with van der Waals surface area (Å²) in [6.07, 6.45) is 0.890. The van der Waals surface area contributed by atoms with E-state index in [0.717, 1.165) is 6.42 Å². The Balaban J connectivity index is 4.27. The van der Waals surface area contributed by atoms with Crippen molar-refractivity contribution in [2.75, 3.05) is 0 Å². The van der Waals surface area contributed by atoms with Crippen LogP contribution in [0.1, 0.15) is 60.8 Å². The molecule has 0 bridgehead atoms. The summed E-state index contributed by atoms with van der Waals surface area (Å²) >= 11 is 0. The van der Waals surface area contributed by atoms with Crippen molar-refractivity contribution in [3.8, 4) is 0 Å². The predicted octanol–water partition coefficient (Wildman–Crippen LogP) is 2.81. The minimum atomic E-state index is -0.939. The molecule has 0 aliphatic rings. The zero-order chi connectivity index (χ0) is 15.1. The largest absolute Gasteiger partial charge is 0.460 e. The highest BCUT2D eigenvalue weighted by molar-refractivity contribution is 5.75. The van der Waals surface area contributed by atoms with Crippen LogP contribution in [0, 0.1) is 0 Å². The van der Waals surface area contributed by atoms with Crippen molar-refractivity contribution < 1.29 is 24.1 Å². The molecule has 0 aliphatic heterocycles. The Labute approximate surface area is 115 Å². The van der Waals surface area contributed by atoms with Crippen molar-refractivity contribution in [3.05, 3.63) is 0 Å². The molecule has 0 aromatic rings. The Kier molecular flexibility index (Phi) is 7.23. The number of aldehydes is 1. The van der Waals surface area contributed by atoms with Crippen molar-refractivity contribution in [3.63, 3.8) is 0 Å². The first kappa shape index (κ1) is 18.1. The molecular formula is C14H26O5. The van der Waals surface area contributed by atoms with E-state index < -0.39 is 23.3 Å². The quantitative estimate of drug-likeness (QED) is 0.280. The summed E-state index contributed by atoms with van der Waals surface area (Å²) in [5.74, 6) is -0.471. The van der Waals surface area contributed by atoms with E-state index in [4.69, 9.17) is 14.5 Å². The van der Waals surface area contributed by atoms with Crippen LogP contribution in [0.3, 0.4) is 0 Å². The van der Waals surface area contributed by atoms with Gasteiger partial charge in [-0.05, 0) is 40.5 Å². The molecule has 0 amide bonds. The Morgan fingerprint density at radius 1 is 1.11 bits per heavy atom. The topological polar surface area (TPSA) is 61.8 Å².